The SMILES string of the molecule is CC[C@@H](C)[C@H](NC(=O)c1cccc([N+](=O)[O-])c1)c1nc(-c2ccco2)no1. The van der Waals surface area contributed by atoms with Crippen LogP contribution in [0.25, 0.3) is 11.6 Å². The zero-order valence-corrected chi connectivity index (χ0v) is 14.8. The molecule has 1 N–H and O–H groups in total. The molecule has 0 aliphatic rings. The summed E-state index contributed by atoms with van der Waals surface area (Å²) in [4.78, 5) is 27.3. The van der Waals surface area contributed by atoms with Crippen LogP contribution in [0.15, 0.2) is 51.6 Å². The minimum Gasteiger partial charge on any atom is -0.461 e. The Balaban J connectivity index is 1.84. The molecule has 2 atom stereocenters. The minimum absolute atomic E-state index is 0.00227. The fraction of sp³-hybridized carbons (Fsp3) is 0.278. The van der Waals surface area contributed by atoms with Crippen molar-refractivity contribution in [3.63, 3.8) is 0 Å². The first-order chi connectivity index (χ1) is 13.0. The average Bonchev–Trinajstić information content (AvgIpc) is 3.36. The molecule has 0 aliphatic heterocycles. The number of furan rings is 1. The summed E-state index contributed by atoms with van der Waals surface area (Å²) in [7, 11) is 0. The molecule has 0 unspecified atom stereocenters. The highest BCUT2D eigenvalue weighted by Crippen LogP contribution is 2.26. The Hall–Kier alpha value is -3.49. The Morgan fingerprint density at radius 2 is 2.15 bits per heavy atom. The van der Waals surface area contributed by atoms with Gasteiger partial charge in [0.2, 0.25) is 11.7 Å². The molecular formula is C18H18N4O5. The van der Waals surface area contributed by atoms with Crippen molar-refractivity contribution >= 4 is 11.6 Å². The van der Waals surface area contributed by atoms with Crippen molar-refractivity contribution in [1.29, 1.82) is 0 Å². The van der Waals surface area contributed by atoms with E-state index < -0.39 is 16.9 Å². The molecule has 27 heavy (non-hydrogen) atoms. The molecule has 2 heterocycles. The van der Waals surface area contributed by atoms with E-state index in [2.05, 4.69) is 15.5 Å². The Morgan fingerprint density at radius 1 is 1.33 bits per heavy atom. The van der Waals surface area contributed by atoms with Gasteiger partial charge in [0.05, 0.1) is 11.2 Å². The van der Waals surface area contributed by atoms with Crippen molar-refractivity contribution in [2.75, 3.05) is 0 Å². The topological polar surface area (TPSA) is 124 Å². The van der Waals surface area contributed by atoms with Gasteiger partial charge in [-0.1, -0.05) is 31.5 Å². The molecule has 0 aliphatic carbocycles. The number of nitrogens with one attached hydrogen (secondary N) is 1. The van der Waals surface area contributed by atoms with Crippen LogP contribution in [0.3, 0.4) is 0 Å². The van der Waals surface area contributed by atoms with Crippen LogP contribution >= 0.6 is 0 Å². The van der Waals surface area contributed by atoms with Gasteiger partial charge in [0.1, 0.15) is 6.04 Å². The molecule has 9 nitrogen and oxygen atoms in total. The van der Waals surface area contributed by atoms with Gasteiger partial charge >= 0.3 is 0 Å². The lowest BCUT2D eigenvalue weighted by Crippen LogP contribution is -2.32. The predicted molar refractivity (Wildman–Crippen MR) is 94.8 cm³/mol. The van der Waals surface area contributed by atoms with E-state index in [0.717, 1.165) is 6.42 Å². The van der Waals surface area contributed by atoms with Crippen LogP contribution in [0, 0.1) is 16.0 Å². The first-order valence-electron chi connectivity index (χ1n) is 8.42. The smallest absolute Gasteiger partial charge is 0.270 e. The summed E-state index contributed by atoms with van der Waals surface area (Å²) >= 11 is 0. The third-order valence-corrected chi connectivity index (χ3v) is 4.27. The van der Waals surface area contributed by atoms with Gasteiger partial charge in [0.15, 0.2) is 5.76 Å². The number of amides is 1. The lowest BCUT2D eigenvalue weighted by Gasteiger charge is -2.20. The van der Waals surface area contributed by atoms with E-state index in [-0.39, 0.29) is 28.9 Å². The monoisotopic (exact) mass is 370 g/mol. The van der Waals surface area contributed by atoms with Crippen molar-refractivity contribution < 1.29 is 18.7 Å². The highest BCUT2D eigenvalue weighted by molar-refractivity contribution is 5.95. The zero-order chi connectivity index (χ0) is 19.4. The second kappa shape index (κ2) is 7.81. The molecule has 140 valence electrons. The van der Waals surface area contributed by atoms with Crippen LogP contribution in [0.4, 0.5) is 5.69 Å². The number of carbonyl (C=O) groups is 1. The van der Waals surface area contributed by atoms with Crippen LogP contribution in [0.5, 0.6) is 0 Å². The second-order valence-electron chi connectivity index (χ2n) is 6.08. The summed E-state index contributed by atoms with van der Waals surface area (Å²) in [6, 6.07) is 8.40. The maximum absolute atomic E-state index is 12.6. The van der Waals surface area contributed by atoms with Gasteiger partial charge in [-0.3, -0.25) is 14.9 Å². The van der Waals surface area contributed by atoms with Gasteiger partial charge in [0.25, 0.3) is 11.6 Å². The minimum atomic E-state index is -0.545. The van der Waals surface area contributed by atoms with Crippen molar-refractivity contribution in [3.8, 4) is 11.6 Å². The summed E-state index contributed by atoms with van der Waals surface area (Å²) in [5.41, 5.74) is 0.0314. The number of benzene rings is 1. The zero-order valence-electron chi connectivity index (χ0n) is 14.8. The maximum atomic E-state index is 12.6. The van der Waals surface area contributed by atoms with E-state index in [9.17, 15) is 14.9 Å². The number of nitro groups is 1. The van der Waals surface area contributed by atoms with Crippen LogP contribution < -0.4 is 5.32 Å². The van der Waals surface area contributed by atoms with Crippen LogP contribution in [0.1, 0.15) is 42.6 Å². The molecule has 1 amide bonds. The number of hydrogen-bond acceptors (Lipinski definition) is 7. The molecule has 1 aromatic carbocycles. The molecule has 9 heteroatoms. The third-order valence-electron chi connectivity index (χ3n) is 4.27. The Bertz CT molecular complexity index is 935. The molecular weight excluding hydrogens is 352 g/mol. The van der Waals surface area contributed by atoms with Crippen molar-refractivity contribution in [2.45, 2.75) is 26.3 Å². The van der Waals surface area contributed by atoms with Gasteiger partial charge in [-0.25, -0.2) is 0 Å². The van der Waals surface area contributed by atoms with E-state index >= 15 is 0 Å². The number of rotatable bonds is 7. The van der Waals surface area contributed by atoms with Gasteiger partial charge in [-0.2, -0.15) is 4.98 Å². The molecule has 3 aromatic rings. The van der Waals surface area contributed by atoms with Gasteiger partial charge in [-0.15, -0.1) is 0 Å². The highest BCUT2D eigenvalue weighted by Gasteiger charge is 2.27. The first kappa shape index (κ1) is 18.3. The predicted octanol–water partition coefficient (Wildman–Crippen LogP) is 3.76. The number of nitro benzene ring substituents is 1. The van der Waals surface area contributed by atoms with Crippen molar-refractivity contribution in [1.82, 2.24) is 15.5 Å². The normalized spacial score (nSPS) is 13.1. The molecule has 0 saturated heterocycles. The van der Waals surface area contributed by atoms with Crippen LogP contribution in [0.2, 0.25) is 0 Å². The summed E-state index contributed by atoms with van der Waals surface area (Å²) in [6.07, 6.45) is 2.25. The van der Waals surface area contributed by atoms with Crippen LogP contribution in [-0.2, 0) is 0 Å². The quantitative estimate of drug-likeness (QED) is 0.496. The lowest BCUT2D eigenvalue weighted by atomic mass is 9.98. The summed E-state index contributed by atoms with van der Waals surface area (Å²) in [6.45, 7) is 3.91. The highest BCUT2D eigenvalue weighted by atomic mass is 16.6. The number of hydrogen-bond donors (Lipinski definition) is 1. The van der Waals surface area contributed by atoms with E-state index in [1.807, 2.05) is 13.8 Å². The van der Waals surface area contributed by atoms with Gasteiger partial charge in [0, 0.05) is 17.7 Å². The van der Waals surface area contributed by atoms with Crippen LogP contribution in [-0.4, -0.2) is 21.0 Å². The number of non-ortho nitro benzene ring substituents is 1. The molecule has 0 bridgehead atoms. The fourth-order valence-electron chi connectivity index (χ4n) is 2.54. The van der Waals surface area contributed by atoms with Gasteiger partial charge in [-0.05, 0) is 24.1 Å². The Labute approximate surface area is 154 Å². The number of aromatic nitrogens is 2. The molecule has 2 aromatic heterocycles. The molecule has 0 radical (unpaired) electrons. The lowest BCUT2D eigenvalue weighted by molar-refractivity contribution is -0.384. The summed E-state index contributed by atoms with van der Waals surface area (Å²) in [5.74, 6) is 0.527. The van der Waals surface area contributed by atoms with E-state index in [4.69, 9.17) is 8.94 Å². The molecule has 0 fully saturated rings. The Kier molecular flexibility index (Phi) is 5.30. The standard InChI is InChI=1S/C18H18N4O5/c1-3-11(2)15(18-20-16(21-27-18)14-8-5-9-26-14)19-17(23)12-6-4-7-13(10-12)22(24)25/h4-11,15H,3H2,1-2H3,(H,19,23)/t11-,15+/m1/s1. The Morgan fingerprint density at radius 3 is 2.81 bits per heavy atom. The number of carbonyl (C=O) groups excluding carboxylic acids is 1. The van der Waals surface area contributed by atoms with E-state index in [1.165, 1.54) is 30.5 Å². The van der Waals surface area contributed by atoms with Crippen molar-refractivity contribution in [3.05, 3.63) is 64.2 Å². The van der Waals surface area contributed by atoms with Crippen molar-refractivity contribution in [2.24, 2.45) is 5.92 Å². The number of nitrogens with zero attached hydrogens (tertiary/aromatic N) is 3. The average molecular weight is 370 g/mol. The first-order valence-corrected chi connectivity index (χ1v) is 8.42. The molecule has 0 spiro atoms. The van der Waals surface area contributed by atoms with E-state index in [1.54, 1.807) is 12.1 Å². The molecule has 3 rings (SSSR count). The third kappa shape index (κ3) is 4.02. The second-order valence-corrected chi connectivity index (χ2v) is 6.08. The van der Waals surface area contributed by atoms with Gasteiger partial charge < -0.3 is 14.3 Å². The summed E-state index contributed by atoms with van der Waals surface area (Å²) < 4.78 is 10.6. The fourth-order valence-corrected chi connectivity index (χ4v) is 2.54. The largest absolute Gasteiger partial charge is 0.461 e. The van der Waals surface area contributed by atoms with E-state index in [0.29, 0.717) is 5.76 Å². The summed E-state index contributed by atoms with van der Waals surface area (Å²) in [5, 5.41) is 17.7. The maximum Gasteiger partial charge on any atom is 0.270 e. The molecule has 0 saturated carbocycles.